The molecule has 0 saturated heterocycles. The Bertz CT molecular complexity index is 800. The summed E-state index contributed by atoms with van der Waals surface area (Å²) in [5.74, 6) is 0.804. The van der Waals surface area contributed by atoms with Crippen LogP contribution in [0.4, 0.5) is 17.2 Å². The molecular formula is C17H16N4O3. The van der Waals surface area contributed by atoms with Crippen molar-refractivity contribution >= 4 is 23.1 Å². The van der Waals surface area contributed by atoms with Gasteiger partial charge in [-0.1, -0.05) is 23.4 Å². The number of ether oxygens (including phenoxy) is 1. The highest BCUT2D eigenvalue weighted by molar-refractivity contribution is 6.02. The minimum absolute atomic E-state index is 0.188. The Morgan fingerprint density at radius 2 is 2.00 bits per heavy atom. The molecule has 1 aromatic carbocycles. The fraction of sp³-hybridized carbons (Fsp3) is 0.118. The molecule has 0 spiro atoms. The maximum absolute atomic E-state index is 12.1. The summed E-state index contributed by atoms with van der Waals surface area (Å²) in [6.45, 7) is 0.266. The van der Waals surface area contributed by atoms with Gasteiger partial charge >= 0.3 is 0 Å². The van der Waals surface area contributed by atoms with Crippen molar-refractivity contribution in [2.24, 2.45) is 0 Å². The van der Waals surface area contributed by atoms with Crippen LogP contribution in [0.25, 0.3) is 0 Å². The molecule has 7 nitrogen and oxygen atoms in total. The molecule has 3 aromatic rings. The zero-order valence-corrected chi connectivity index (χ0v) is 13.0. The van der Waals surface area contributed by atoms with E-state index in [1.165, 1.54) is 6.07 Å². The van der Waals surface area contributed by atoms with Crippen molar-refractivity contribution in [1.82, 2.24) is 10.1 Å². The van der Waals surface area contributed by atoms with Crippen LogP contribution in [-0.2, 0) is 11.3 Å². The van der Waals surface area contributed by atoms with Crippen LogP contribution < -0.4 is 10.6 Å². The van der Waals surface area contributed by atoms with Gasteiger partial charge in [-0.3, -0.25) is 4.79 Å². The van der Waals surface area contributed by atoms with Crippen LogP contribution in [0.3, 0.4) is 0 Å². The molecule has 122 valence electrons. The minimum atomic E-state index is -0.369. The van der Waals surface area contributed by atoms with Gasteiger partial charge in [-0.25, -0.2) is 4.98 Å². The van der Waals surface area contributed by atoms with E-state index in [-0.39, 0.29) is 18.2 Å². The van der Waals surface area contributed by atoms with Gasteiger partial charge in [0.1, 0.15) is 12.4 Å². The summed E-state index contributed by atoms with van der Waals surface area (Å²) < 4.78 is 9.91. The van der Waals surface area contributed by atoms with E-state index in [9.17, 15) is 4.79 Å². The van der Waals surface area contributed by atoms with Gasteiger partial charge in [-0.2, -0.15) is 0 Å². The Kier molecular flexibility index (Phi) is 4.83. The van der Waals surface area contributed by atoms with E-state index >= 15 is 0 Å². The van der Waals surface area contributed by atoms with Crippen LogP contribution in [0.15, 0.2) is 59.3 Å². The number of rotatable bonds is 6. The zero-order chi connectivity index (χ0) is 16.8. The van der Waals surface area contributed by atoms with Gasteiger partial charge in [0.2, 0.25) is 0 Å². The highest BCUT2D eigenvalue weighted by Gasteiger charge is 2.12. The molecular weight excluding hydrogens is 308 g/mol. The summed E-state index contributed by atoms with van der Waals surface area (Å²) in [7, 11) is 1.54. The molecule has 24 heavy (non-hydrogen) atoms. The first-order valence-corrected chi connectivity index (χ1v) is 7.28. The van der Waals surface area contributed by atoms with Crippen molar-refractivity contribution in [1.29, 1.82) is 0 Å². The molecule has 0 aliphatic rings. The van der Waals surface area contributed by atoms with E-state index in [0.717, 1.165) is 5.69 Å². The molecule has 0 bridgehead atoms. The van der Waals surface area contributed by atoms with Gasteiger partial charge in [0, 0.05) is 18.9 Å². The van der Waals surface area contributed by atoms with E-state index in [1.54, 1.807) is 25.4 Å². The average Bonchev–Trinajstić information content (AvgIpc) is 3.07. The van der Waals surface area contributed by atoms with Gasteiger partial charge in [-0.05, 0) is 24.3 Å². The van der Waals surface area contributed by atoms with Crippen LogP contribution in [0.5, 0.6) is 0 Å². The number of hydrogen-bond acceptors (Lipinski definition) is 6. The summed E-state index contributed by atoms with van der Waals surface area (Å²) >= 11 is 0. The largest absolute Gasteiger partial charge is 0.377 e. The third-order valence-electron chi connectivity index (χ3n) is 3.15. The van der Waals surface area contributed by atoms with Crippen LogP contribution in [0.1, 0.15) is 16.2 Å². The van der Waals surface area contributed by atoms with E-state index in [4.69, 9.17) is 9.26 Å². The quantitative estimate of drug-likeness (QED) is 0.724. The standard InChI is InChI=1S/C17H16N4O3/c1-23-11-14-9-15(21-24-14)17(22)20-13-7-8-16(18-10-13)19-12-5-3-2-4-6-12/h2-10H,11H2,1H3,(H,18,19)(H,20,22). The topological polar surface area (TPSA) is 89.3 Å². The molecule has 0 radical (unpaired) electrons. The van der Waals surface area contributed by atoms with Gasteiger partial charge < -0.3 is 19.9 Å². The maximum Gasteiger partial charge on any atom is 0.277 e. The second-order valence-electron chi connectivity index (χ2n) is 4.99. The van der Waals surface area contributed by atoms with Gasteiger partial charge in [0.15, 0.2) is 11.5 Å². The number of anilines is 3. The summed E-state index contributed by atoms with van der Waals surface area (Å²) in [4.78, 5) is 16.4. The number of nitrogens with zero attached hydrogens (tertiary/aromatic N) is 2. The molecule has 0 fully saturated rings. The number of pyridine rings is 1. The van der Waals surface area contributed by atoms with Crippen molar-refractivity contribution in [3.05, 3.63) is 66.2 Å². The third kappa shape index (κ3) is 3.96. The Labute approximate surface area is 138 Å². The summed E-state index contributed by atoms with van der Waals surface area (Å²) in [6.07, 6.45) is 1.57. The second kappa shape index (κ2) is 7.38. The van der Waals surface area contributed by atoms with E-state index in [0.29, 0.717) is 17.3 Å². The number of benzene rings is 1. The lowest BCUT2D eigenvalue weighted by Gasteiger charge is -2.06. The fourth-order valence-electron chi connectivity index (χ4n) is 2.04. The van der Waals surface area contributed by atoms with Crippen molar-refractivity contribution in [2.75, 3.05) is 17.7 Å². The predicted octanol–water partition coefficient (Wildman–Crippen LogP) is 3.21. The first kappa shape index (κ1) is 15.7. The predicted molar refractivity (Wildman–Crippen MR) is 89.1 cm³/mol. The fourth-order valence-corrected chi connectivity index (χ4v) is 2.04. The number of methoxy groups -OCH3 is 1. The molecule has 0 unspecified atom stereocenters. The lowest BCUT2D eigenvalue weighted by atomic mass is 10.3. The van der Waals surface area contributed by atoms with Crippen molar-refractivity contribution in [2.45, 2.75) is 6.61 Å². The molecule has 2 heterocycles. The molecule has 0 aliphatic carbocycles. The van der Waals surface area contributed by atoms with Crippen molar-refractivity contribution in [3.63, 3.8) is 0 Å². The number of carbonyl (C=O) groups is 1. The molecule has 0 aliphatic heterocycles. The number of amides is 1. The number of hydrogen-bond donors (Lipinski definition) is 2. The van der Waals surface area contributed by atoms with Crippen molar-refractivity contribution < 1.29 is 14.1 Å². The SMILES string of the molecule is COCc1cc(C(=O)Nc2ccc(Nc3ccccc3)nc2)no1. The Hall–Kier alpha value is -3.19. The summed E-state index contributed by atoms with van der Waals surface area (Å²) in [5, 5.41) is 9.59. The number of para-hydroxylation sites is 1. The van der Waals surface area contributed by atoms with E-state index < -0.39 is 0 Å². The molecule has 1 amide bonds. The molecule has 2 aromatic heterocycles. The maximum atomic E-state index is 12.1. The number of nitrogens with one attached hydrogen (secondary N) is 2. The lowest BCUT2D eigenvalue weighted by Crippen LogP contribution is -2.12. The second-order valence-corrected chi connectivity index (χ2v) is 4.99. The van der Waals surface area contributed by atoms with Crippen molar-refractivity contribution in [3.8, 4) is 0 Å². The Morgan fingerprint density at radius 3 is 2.71 bits per heavy atom. The number of carbonyl (C=O) groups excluding carboxylic acids is 1. The van der Waals surface area contributed by atoms with E-state index in [2.05, 4.69) is 20.8 Å². The average molecular weight is 324 g/mol. The van der Waals surface area contributed by atoms with Crippen LogP contribution in [0.2, 0.25) is 0 Å². The first-order valence-electron chi connectivity index (χ1n) is 7.28. The molecule has 0 saturated carbocycles. The van der Waals surface area contributed by atoms with Crippen LogP contribution in [0, 0.1) is 0 Å². The number of aromatic nitrogens is 2. The van der Waals surface area contributed by atoms with Gasteiger partial charge in [0.25, 0.3) is 5.91 Å². The summed E-state index contributed by atoms with van der Waals surface area (Å²) in [5.41, 5.74) is 1.69. The normalized spacial score (nSPS) is 10.4. The van der Waals surface area contributed by atoms with Crippen LogP contribution in [-0.4, -0.2) is 23.2 Å². The molecule has 2 N–H and O–H groups in total. The summed E-state index contributed by atoms with van der Waals surface area (Å²) in [6, 6.07) is 14.8. The molecule has 0 atom stereocenters. The van der Waals surface area contributed by atoms with Gasteiger partial charge in [0.05, 0.1) is 11.9 Å². The molecule has 3 rings (SSSR count). The highest BCUT2D eigenvalue weighted by Crippen LogP contribution is 2.16. The highest BCUT2D eigenvalue weighted by atomic mass is 16.5. The lowest BCUT2D eigenvalue weighted by molar-refractivity contribution is 0.101. The zero-order valence-electron chi connectivity index (χ0n) is 13.0. The Balaban J connectivity index is 1.62. The van der Waals surface area contributed by atoms with Gasteiger partial charge in [-0.15, -0.1) is 0 Å². The van der Waals surface area contributed by atoms with Crippen LogP contribution >= 0.6 is 0 Å². The first-order chi connectivity index (χ1) is 11.7. The van der Waals surface area contributed by atoms with E-state index in [1.807, 2.05) is 30.3 Å². The monoisotopic (exact) mass is 324 g/mol. The Morgan fingerprint density at radius 1 is 1.17 bits per heavy atom. The third-order valence-corrected chi connectivity index (χ3v) is 3.15. The molecule has 7 heteroatoms. The minimum Gasteiger partial charge on any atom is -0.377 e. The smallest absolute Gasteiger partial charge is 0.277 e.